The average molecular weight is 333 g/mol. The van der Waals surface area contributed by atoms with Crippen molar-refractivity contribution >= 4 is 23.8 Å². The van der Waals surface area contributed by atoms with Crippen molar-refractivity contribution in [1.29, 1.82) is 0 Å². The number of esters is 1. The molecule has 1 aromatic carbocycles. The van der Waals surface area contributed by atoms with Crippen LogP contribution in [0.1, 0.15) is 18.5 Å². The number of benzene rings is 1. The summed E-state index contributed by atoms with van der Waals surface area (Å²) in [6.07, 6.45) is 0. The van der Waals surface area contributed by atoms with E-state index in [2.05, 4.69) is 5.32 Å². The molecule has 1 saturated heterocycles. The fraction of sp³-hybridized carbons (Fsp3) is 0.375. The Hall–Kier alpha value is -2.90. The number of amides is 4. The summed E-state index contributed by atoms with van der Waals surface area (Å²) < 4.78 is 4.82. The standard InChI is InChI=1S/C16H19N3O5/c1-11(12-6-4-3-5-7-12)17-13(20)10-24-15(22)9-19-14(21)8-18(2)16(19)23/h3-7,11H,8-10H2,1-2H3,(H,17,20)/t11-/m1/s1. The number of ether oxygens (including phenoxy) is 1. The summed E-state index contributed by atoms with van der Waals surface area (Å²) in [5, 5.41) is 2.70. The Bertz CT molecular complexity index is 646. The third-order valence-corrected chi connectivity index (χ3v) is 3.56. The van der Waals surface area contributed by atoms with Gasteiger partial charge in [-0.2, -0.15) is 0 Å². The smallest absolute Gasteiger partial charge is 0.327 e. The van der Waals surface area contributed by atoms with Crippen LogP contribution in [0.3, 0.4) is 0 Å². The van der Waals surface area contributed by atoms with E-state index in [9.17, 15) is 19.2 Å². The molecule has 1 heterocycles. The maximum Gasteiger partial charge on any atom is 0.327 e. The van der Waals surface area contributed by atoms with Crippen LogP contribution in [0, 0.1) is 0 Å². The molecule has 8 nitrogen and oxygen atoms in total. The van der Waals surface area contributed by atoms with Crippen molar-refractivity contribution in [3.8, 4) is 0 Å². The van der Waals surface area contributed by atoms with E-state index in [0.29, 0.717) is 0 Å². The van der Waals surface area contributed by atoms with Gasteiger partial charge in [-0.25, -0.2) is 4.79 Å². The lowest BCUT2D eigenvalue weighted by Gasteiger charge is -2.15. The van der Waals surface area contributed by atoms with Gasteiger partial charge in [-0.05, 0) is 12.5 Å². The predicted molar refractivity (Wildman–Crippen MR) is 83.7 cm³/mol. The van der Waals surface area contributed by atoms with Crippen molar-refractivity contribution in [2.45, 2.75) is 13.0 Å². The highest BCUT2D eigenvalue weighted by Crippen LogP contribution is 2.11. The van der Waals surface area contributed by atoms with E-state index in [1.54, 1.807) is 0 Å². The molecule has 128 valence electrons. The molecule has 0 bridgehead atoms. The zero-order valence-electron chi connectivity index (χ0n) is 13.5. The minimum atomic E-state index is -0.811. The molecule has 0 unspecified atom stereocenters. The second-order valence-corrected chi connectivity index (χ2v) is 5.48. The van der Waals surface area contributed by atoms with Gasteiger partial charge in [-0.1, -0.05) is 30.3 Å². The summed E-state index contributed by atoms with van der Waals surface area (Å²) in [7, 11) is 1.46. The van der Waals surface area contributed by atoms with E-state index in [1.807, 2.05) is 37.3 Å². The molecule has 0 radical (unpaired) electrons. The summed E-state index contributed by atoms with van der Waals surface area (Å²) in [6, 6.07) is 8.55. The third-order valence-electron chi connectivity index (χ3n) is 3.56. The second kappa shape index (κ2) is 7.58. The van der Waals surface area contributed by atoms with Crippen molar-refractivity contribution in [2.75, 3.05) is 26.7 Å². The minimum Gasteiger partial charge on any atom is -0.454 e. The Morgan fingerprint density at radius 3 is 2.50 bits per heavy atom. The van der Waals surface area contributed by atoms with Crippen molar-refractivity contribution in [3.63, 3.8) is 0 Å². The van der Waals surface area contributed by atoms with Crippen LogP contribution in [0.25, 0.3) is 0 Å². The molecule has 0 aromatic heterocycles. The van der Waals surface area contributed by atoms with Gasteiger partial charge in [0, 0.05) is 7.05 Å². The number of urea groups is 1. The maximum absolute atomic E-state index is 11.8. The first-order valence-electron chi connectivity index (χ1n) is 7.44. The van der Waals surface area contributed by atoms with Gasteiger partial charge < -0.3 is 15.0 Å². The Morgan fingerprint density at radius 2 is 1.92 bits per heavy atom. The number of rotatable bonds is 6. The van der Waals surface area contributed by atoms with Gasteiger partial charge in [-0.15, -0.1) is 0 Å². The molecule has 4 amide bonds. The number of carbonyl (C=O) groups excluding carboxylic acids is 4. The van der Waals surface area contributed by atoms with E-state index in [1.165, 1.54) is 11.9 Å². The molecule has 1 N–H and O–H groups in total. The molecule has 1 aromatic rings. The lowest BCUT2D eigenvalue weighted by molar-refractivity contribution is -0.150. The SMILES string of the molecule is C[C@@H](NC(=O)COC(=O)CN1C(=O)CN(C)C1=O)c1ccccc1. The molecule has 24 heavy (non-hydrogen) atoms. The zero-order chi connectivity index (χ0) is 17.7. The monoisotopic (exact) mass is 333 g/mol. The molecule has 1 atom stereocenters. The Labute approximate surface area is 139 Å². The van der Waals surface area contributed by atoms with E-state index in [0.717, 1.165) is 10.5 Å². The molecule has 0 aliphatic carbocycles. The maximum atomic E-state index is 11.8. The first-order chi connectivity index (χ1) is 11.4. The van der Waals surface area contributed by atoms with Crippen LogP contribution in [0.15, 0.2) is 30.3 Å². The van der Waals surface area contributed by atoms with Crippen molar-refractivity contribution in [2.24, 2.45) is 0 Å². The lowest BCUT2D eigenvalue weighted by Crippen LogP contribution is -2.38. The van der Waals surface area contributed by atoms with Gasteiger partial charge >= 0.3 is 12.0 Å². The first-order valence-corrected chi connectivity index (χ1v) is 7.44. The summed E-state index contributed by atoms with van der Waals surface area (Å²) in [5.41, 5.74) is 0.925. The van der Waals surface area contributed by atoms with Gasteiger partial charge in [-0.3, -0.25) is 19.3 Å². The number of nitrogens with zero attached hydrogens (tertiary/aromatic N) is 2. The molecular formula is C16H19N3O5. The predicted octanol–water partition coefficient (Wildman–Crippen LogP) is 0.301. The van der Waals surface area contributed by atoms with Crippen molar-refractivity contribution in [3.05, 3.63) is 35.9 Å². The van der Waals surface area contributed by atoms with E-state index >= 15 is 0 Å². The summed E-state index contributed by atoms with van der Waals surface area (Å²) in [6.45, 7) is 0.777. The normalized spacial score (nSPS) is 15.4. The van der Waals surface area contributed by atoms with Gasteiger partial charge in [0.15, 0.2) is 6.61 Å². The Balaban J connectivity index is 1.76. The van der Waals surface area contributed by atoms with Gasteiger partial charge in [0.1, 0.15) is 13.1 Å². The van der Waals surface area contributed by atoms with Crippen LogP contribution in [-0.2, 0) is 19.1 Å². The largest absolute Gasteiger partial charge is 0.454 e. The molecule has 8 heteroatoms. The number of hydrogen-bond donors (Lipinski definition) is 1. The average Bonchev–Trinajstić information content (AvgIpc) is 2.80. The molecule has 2 rings (SSSR count). The zero-order valence-corrected chi connectivity index (χ0v) is 13.5. The van der Waals surface area contributed by atoms with Crippen LogP contribution >= 0.6 is 0 Å². The van der Waals surface area contributed by atoms with Crippen molar-refractivity contribution < 1.29 is 23.9 Å². The van der Waals surface area contributed by atoms with Crippen molar-refractivity contribution in [1.82, 2.24) is 15.1 Å². The number of imide groups is 1. The van der Waals surface area contributed by atoms with E-state index in [4.69, 9.17) is 4.74 Å². The number of likely N-dealkylation sites (N-methyl/N-ethyl adjacent to an activating group) is 1. The fourth-order valence-electron chi connectivity index (χ4n) is 2.25. The first kappa shape index (κ1) is 17.5. The van der Waals surface area contributed by atoms with Crippen LogP contribution in [0.2, 0.25) is 0 Å². The Kier molecular flexibility index (Phi) is 5.51. The highest BCUT2D eigenvalue weighted by molar-refractivity contribution is 6.04. The number of hydrogen-bond acceptors (Lipinski definition) is 5. The lowest BCUT2D eigenvalue weighted by atomic mass is 10.1. The van der Waals surface area contributed by atoms with E-state index in [-0.39, 0.29) is 12.6 Å². The van der Waals surface area contributed by atoms with Gasteiger partial charge in [0.25, 0.3) is 11.8 Å². The van der Waals surface area contributed by atoms with Crippen LogP contribution in [0.4, 0.5) is 4.79 Å². The quantitative estimate of drug-likeness (QED) is 0.597. The van der Waals surface area contributed by atoms with E-state index < -0.39 is 37.0 Å². The number of nitrogens with one attached hydrogen (secondary N) is 1. The topological polar surface area (TPSA) is 96.0 Å². The molecule has 0 spiro atoms. The fourth-order valence-corrected chi connectivity index (χ4v) is 2.25. The second-order valence-electron chi connectivity index (χ2n) is 5.48. The Morgan fingerprint density at radius 1 is 1.25 bits per heavy atom. The van der Waals surface area contributed by atoms with Gasteiger partial charge in [0.2, 0.25) is 0 Å². The summed E-state index contributed by atoms with van der Waals surface area (Å²) in [4.78, 5) is 48.7. The van der Waals surface area contributed by atoms with Crippen LogP contribution in [0.5, 0.6) is 0 Å². The van der Waals surface area contributed by atoms with Crippen LogP contribution < -0.4 is 5.32 Å². The van der Waals surface area contributed by atoms with Gasteiger partial charge in [0.05, 0.1) is 6.04 Å². The molecule has 0 saturated carbocycles. The molecular weight excluding hydrogens is 314 g/mol. The summed E-state index contributed by atoms with van der Waals surface area (Å²) in [5.74, 6) is -1.74. The number of carbonyl (C=O) groups is 4. The minimum absolute atomic E-state index is 0.0683. The highest BCUT2D eigenvalue weighted by Gasteiger charge is 2.35. The molecule has 1 aliphatic rings. The molecule has 1 fully saturated rings. The molecule has 1 aliphatic heterocycles. The van der Waals surface area contributed by atoms with Crippen LogP contribution in [-0.4, -0.2) is 60.4 Å². The summed E-state index contributed by atoms with van der Waals surface area (Å²) >= 11 is 0. The third kappa shape index (κ3) is 4.31. The highest BCUT2D eigenvalue weighted by atomic mass is 16.5.